The zero-order valence-electron chi connectivity index (χ0n) is 19.5. The molecular formula is C25H34N6O. The molecule has 32 heavy (non-hydrogen) atoms. The van der Waals surface area contributed by atoms with Crippen LogP contribution in [0.3, 0.4) is 0 Å². The van der Waals surface area contributed by atoms with Gasteiger partial charge in [0.15, 0.2) is 5.65 Å². The number of anilines is 1. The molecule has 1 atom stereocenters. The third-order valence-electron chi connectivity index (χ3n) is 6.44. The van der Waals surface area contributed by atoms with E-state index in [1.165, 1.54) is 0 Å². The van der Waals surface area contributed by atoms with Gasteiger partial charge in [0, 0.05) is 23.9 Å². The standard InChI is InChI=1S/C25H34N6O/c1-5-17(4)22-29-23(27-18-11-13-19(14-12-18)28-25(32)16(2)3)21-15-26-31(24(21)30-22)20-9-7-6-8-10-20/h6-10,15-19H,5,11-14H2,1-4H3,(H,28,32)(H,27,29,30). The summed E-state index contributed by atoms with van der Waals surface area (Å²) in [6, 6.07) is 10.7. The summed E-state index contributed by atoms with van der Waals surface area (Å²) in [6.07, 6.45) is 6.79. The Morgan fingerprint density at radius 3 is 2.41 bits per heavy atom. The number of hydrogen-bond acceptors (Lipinski definition) is 5. The van der Waals surface area contributed by atoms with Crippen molar-refractivity contribution in [1.82, 2.24) is 25.1 Å². The maximum Gasteiger partial charge on any atom is 0.222 e. The van der Waals surface area contributed by atoms with E-state index in [0.717, 1.165) is 60.5 Å². The van der Waals surface area contributed by atoms with Gasteiger partial charge in [-0.05, 0) is 44.2 Å². The average Bonchev–Trinajstić information content (AvgIpc) is 3.24. The van der Waals surface area contributed by atoms with Crippen molar-refractivity contribution in [2.75, 3.05) is 5.32 Å². The first-order valence-corrected chi connectivity index (χ1v) is 11.8. The smallest absolute Gasteiger partial charge is 0.222 e. The van der Waals surface area contributed by atoms with Crippen molar-refractivity contribution in [2.45, 2.75) is 77.8 Å². The van der Waals surface area contributed by atoms with E-state index in [2.05, 4.69) is 29.6 Å². The van der Waals surface area contributed by atoms with Crippen molar-refractivity contribution in [1.29, 1.82) is 0 Å². The molecule has 0 saturated heterocycles. The molecule has 2 N–H and O–H groups in total. The second-order valence-corrected chi connectivity index (χ2v) is 9.23. The Morgan fingerprint density at radius 2 is 1.75 bits per heavy atom. The van der Waals surface area contributed by atoms with E-state index < -0.39 is 0 Å². The van der Waals surface area contributed by atoms with Crippen LogP contribution < -0.4 is 10.6 Å². The van der Waals surface area contributed by atoms with E-state index >= 15 is 0 Å². The Labute approximate surface area is 190 Å². The van der Waals surface area contributed by atoms with Crippen molar-refractivity contribution in [2.24, 2.45) is 5.92 Å². The lowest BCUT2D eigenvalue weighted by atomic mass is 9.90. The summed E-state index contributed by atoms with van der Waals surface area (Å²) in [5.41, 5.74) is 1.82. The molecule has 0 aliphatic heterocycles. The number of nitrogens with zero attached hydrogens (tertiary/aromatic N) is 4. The monoisotopic (exact) mass is 434 g/mol. The highest BCUT2D eigenvalue weighted by Crippen LogP contribution is 2.29. The molecule has 0 radical (unpaired) electrons. The van der Waals surface area contributed by atoms with Crippen LogP contribution in [-0.2, 0) is 4.79 Å². The summed E-state index contributed by atoms with van der Waals surface area (Å²) < 4.78 is 1.90. The van der Waals surface area contributed by atoms with Gasteiger partial charge in [-0.15, -0.1) is 0 Å². The van der Waals surface area contributed by atoms with Crippen LogP contribution in [0.2, 0.25) is 0 Å². The fourth-order valence-corrected chi connectivity index (χ4v) is 4.14. The third kappa shape index (κ3) is 4.76. The Hall–Kier alpha value is -2.96. The summed E-state index contributed by atoms with van der Waals surface area (Å²) in [4.78, 5) is 21.8. The number of aromatic nitrogens is 4. The van der Waals surface area contributed by atoms with Crippen LogP contribution in [0.4, 0.5) is 5.82 Å². The predicted molar refractivity (Wildman–Crippen MR) is 128 cm³/mol. The van der Waals surface area contributed by atoms with Gasteiger partial charge in [0.1, 0.15) is 11.6 Å². The molecule has 1 unspecified atom stereocenters. The fraction of sp³-hybridized carbons (Fsp3) is 0.520. The number of para-hydroxylation sites is 1. The molecule has 2 heterocycles. The van der Waals surface area contributed by atoms with E-state index in [1.807, 2.05) is 55.1 Å². The molecule has 4 rings (SSSR count). The van der Waals surface area contributed by atoms with Crippen LogP contribution in [0.15, 0.2) is 36.5 Å². The van der Waals surface area contributed by atoms with Crippen LogP contribution >= 0.6 is 0 Å². The van der Waals surface area contributed by atoms with Crippen molar-refractivity contribution in [3.8, 4) is 5.69 Å². The fourth-order valence-electron chi connectivity index (χ4n) is 4.14. The van der Waals surface area contributed by atoms with Crippen LogP contribution in [-0.4, -0.2) is 37.7 Å². The Balaban J connectivity index is 1.57. The highest BCUT2D eigenvalue weighted by molar-refractivity contribution is 5.87. The molecule has 7 heteroatoms. The minimum absolute atomic E-state index is 0.0280. The summed E-state index contributed by atoms with van der Waals surface area (Å²) >= 11 is 0. The van der Waals surface area contributed by atoms with E-state index in [0.29, 0.717) is 6.04 Å². The number of rotatable bonds is 7. The molecular weight excluding hydrogens is 400 g/mol. The average molecular weight is 435 g/mol. The number of benzene rings is 1. The minimum Gasteiger partial charge on any atom is -0.367 e. The van der Waals surface area contributed by atoms with Gasteiger partial charge >= 0.3 is 0 Å². The highest BCUT2D eigenvalue weighted by atomic mass is 16.1. The second-order valence-electron chi connectivity index (χ2n) is 9.23. The molecule has 1 saturated carbocycles. The highest BCUT2D eigenvalue weighted by Gasteiger charge is 2.25. The number of amides is 1. The van der Waals surface area contributed by atoms with Crippen molar-refractivity contribution in [3.63, 3.8) is 0 Å². The topological polar surface area (TPSA) is 84.7 Å². The van der Waals surface area contributed by atoms with Gasteiger partial charge < -0.3 is 10.6 Å². The normalized spacial score (nSPS) is 19.8. The Bertz CT molecular complexity index is 1050. The number of carbonyl (C=O) groups is 1. The van der Waals surface area contributed by atoms with Crippen LogP contribution in [0.25, 0.3) is 16.7 Å². The van der Waals surface area contributed by atoms with Crippen LogP contribution in [0, 0.1) is 5.92 Å². The molecule has 2 aromatic heterocycles. The van der Waals surface area contributed by atoms with Gasteiger partial charge in [0.05, 0.1) is 17.3 Å². The summed E-state index contributed by atoms with van der Waals surface area (Å²) in [5.74, 6) is 2.15. The maximum atomic E-state index is 12.0. The van der Waals surface area contributed by atoms with Gasteiger partial charge in [0.2, 0.25) is 5.91 Å². The lowest BCUT2D eigenvalue weighted by Gasteiger charge is -2.30. The molecule has 1 aromatic carbocycles. The first-order valence-electron chi connectivity index (χ1n) is 11.8. The van der Waals surface area contributed by atoms with E-state index in [-0.39, 0.29) is 23.8 Å². The van der Waals surface area contributed by atoms with Gasteiger partial charge in [-0.2, -0.15) is 5.10 Å². The molecule has 1 fully saturated rings. The first-order chi connectivity index (χ1) is 15.5. The van der Waals surface area contributed by atoms with Crippen molar-refractivity contribution < 1.29 is 4.79 Å². The number of nitrogens with one attached hydrogen (secondary N) is 2. The van der Waals surface area contributed by atoms with Gasteiger partial charge in [-0.1, -0.05) is 45.9 Å². The summed E-state index contributed by atoms with van der Waals surface area (Å²) in [5, 5.41) is 12.4. The van der Waals surface area contributed by atoms with Gasteiger partial charge in [0.25, 0.3) is 0 Å². The van der Waals surface area contributed by atoms with E-state index in [1.54, 1.807) is 0 Å². The lowest BCUT2D eigenvalue weighted by molar-refractivity contribution is -0.124. The number of hydrogen-bond donors (Lipinski definition) is 2. The second kappa shape index (κ2) is 9.67. The minimum atomic E-state index is 0.0280. The van der Waals surface area contributed by atoms with E-state index in [4.69, 9.17) is 9.97 Å². The maximum absolute atomic E-state index is 12.0. The largest absolute Gasteiger partial charge is 0.367 e. The molecule has 3 aromatic rings. The first kappa shape index (κ1) is 22.2. The SMILES string of the molecule is CCC(C)c1nc(NC2CCC(NC(=O)C(C)C)CC2)c2cnn(-c3ccccc3)c2n1. The summed E-state index contributed by atoms with van der Waals surface area (Å²) in [7, 11) is 0. The zero-order valence-corrected chi connectivity index (χ0v) is 19.5. The van der Waals surface area contributed by atoms with Crippen LogP contribution in [0.1, 0.15) is 71.5 Å². The molecule has 1 amide bonds. The Kier molecular flexibility index (Phi) is 6.72. The van der Waals surface area contributed by atoms with Crippen molar-refractivity contribution in [3.05, 3.63) is 42.4 Å². The zero-order chi connectivity index (χ0) is 22.7. The Morgan fingerprint density at radius 1 is 1.06 bits per heavy atom. The number of carbonyl (C=O) groups excluding carboxylic acids is 1. The van der Waals surface area contributed by atoms with Crippen molar-refractivity contribution >= 4 is 22.8 Å². The van der Waals surface area contributed by atoms with E-state index in [9.17, 15) is 4.79 Å². The molecule has 1 aliphatic carbocycles. The van der Waals surface area contributed by atoms with Crippen LogP contribution in [0.5, 0.6) is 0 Å². The van der Waals surface area contributed by atoms with Gasteiger partial charge in [-0.25, -0.2) is 14.6 Å². The summed E-state index contributed by atoms with van der Waals surface area (Å²) in [6.45, 7) is 8.20. The lowest BCUT2D eigenvalue weighted by Crippen LogP contribution is -2.41. The molecule has 7 nitrogen and oxygen atoms in total. The van der Waals surface area contributed by atoms with Gasteiger partial charge in [-0.3, -0.25) is 4.79 Å². The molecule has 0 spiro atoms. The number of fused-ring (bicyclic) bond motifs is 1. The molecule has 0 bridgehead atoms. The third-order valence-corrected chi connectivity index (χ3v) is 6.44. The molecule has 1 aliphatic rings. The predicted octanol–water partition coefficient (Wildman–Crippen LogP) is 4.82. The molecule has 170 valence electrons. The quantitative estimate of drug-likeness (QED) is 0.557.